The molecule has 1 aliphatic rings. The van der Waals surface area contributed by atoms with Gasteiger partial charge >= 0.3 is 0 Å². The number of hydrogen-bond acceptors (Lipinski definition) is 3. The van der Waals surface area contributed by atoms with Gasteiger partial charge in [0, 0.05) is 25.1 Å². The summed E-state index contributed by atoms with van der Waals surface area (Å²) < 4.78 is 4.85. The van der Waals surface area contributed by atoms with Crippen molar-refractivity contribution in [2.75, 3.05) is 13.6 Å². The minimum Gasteiger partial charge on any atom is -0.364 e. The van der Waals surface area contributed by atoms with Crippen LogP contribution in [-0.2, 0) is 12.0 Å². The molecule has 1 aromatic carbocycles. The van der Waals surface area contributed by atoms with E-state index in [1.165, 1.54) is 31.2 Å². The molecule has 1 fully saturated rings. The third-order valence-corrected chi connectivity index (χ3v) is 4.69. The highest BCUT2D eigenvalue weighted by atomic mass is 16.5. The highest BCUT2D eigenvalue weighted by Crippen LogP contribution is 2.40. The summed E-state index contributed by atoms with van der Waals surface area (Å²) in [5.41, 5.74) is 2.51. The van der Waals surface area contributed by atoms with Crippen LogP contribution in [0.2, 0.25) is 0 Å². The maximum Gasteiger partial charge on any atom is 0.191 e. The fraction of sp³-hybridized carbons (Fsp3) is 0.444. The molecule has 122 valence electrons. The number of aromatic nitrogens is 1. The van der Waals surface area contributed by atoms with E-state index in [4.69, 9.17) is 4.52 Å². The van der Waals surface area contributed by atoms with Crippen LogP contribution in [0.15, 0.2) is 52.2 Å². The van der Waals surface area contributed by atoms with E-state index in [0.29, 0.717) is 6.54 Å². The molecule has 2 aromatic rings. The van der Waals surface area contributed by atoms with E-state index in [9.17, 15) is 0 Å². The van der Waals surface area contributed by atoms with E-state index in [0.717, 1.165) is 18.2 Å². The van der Waals surface area contributed by atoms with Gasteiger partial charge < -0.3 is 15.2 Å². The van der Waals surface area contributed by atoms with Crippen LogP contribution in [-0.4, -0.2) is 24.7 Å². The van der Waals surface area contributed by atoms with Gasteiger partial charge in [-0.2, -0.15) is 0 Å². The predicted octanol–water partition coefficient (Wildman–Crippen LogP) is 2.85. The summed E-state index contributed by atoms with van der Waals surface area (Å²) in [4.78, 5) is 4.31. The van der Waals surface area contributed by atoms with Crippen molar-refractivity contribution >= 4 is 5.96 Å². The van der Waals surface area contributed by atoms with Crippen LogP contribution in [0.3, 0.4) is 0 Å². The van der Waals surface area contributed by atoms with Crippen LogP contribution in [0, 0.1) is 0 Å². The van der Waals surface area contributed by atoms with E-state index in [1.54, 1.807) is 13.3 Å². The average Bonchev–Trinajstić information content (AvgIpc) is 3.28. The molecule has 0 atom stereocenters. The fourth-order valence-corrected chi connectivity index (χ4v) is 3.39. The summed E-state index contributed by atoms with van der Waals surface area (Å²) in [7, 11) is 1.79. The van der Waals surface area contributed by atoms with Crippen molar-refractivity contribution < 1.29 is 4.52 Å². The van der Waals surface area contributed by atoms with Gasteiger partial charge in [-0.25, -0.2) is 0 Å². The maximum absolute atomic E-state index is 4.85. The molecule has 1 aliphatic carbocycles. The van der Waals surface area contributed by atoms with Crippen LogP contribution in [0.25, 0.3) is 0 Å². The van der Waals surface area contributed by atoms with Crippen LogP contribution in [0.5, 0.6) is 0 Å². The highest BCUT2D eigenvalue weighted by Gasteiger charge is 2.35. The lowest BCUT2D eigenvalue weighted by atomic mass is 9.79. The Balaban J connectivity index is 1.62. The Labute approximate surface area is 137 Å². The summed E-state index contributed by atoms with van der Waals surface area (Å²) in [6.45, 7) is 1.50. The summed E-state index contributed by atoms with van der Waals surface area (Å²) in [5, 5.41) is 10.7. The van der Waals surface area contributed by atoms with Gasteiger partial charge in [0.2, 0.25) is 0 Å². The highest BCUT2D eigenvalue weighted by molar-refractivity contribution is 5.79. The van der Waals surface area contributed by atoms with E-state index in [-0.39, 0.29) is 5.41 Å². The normalized spacial score (nSPS) is 17.2. The van der Waals surface area contributed by atoms with E-state index >= 15 is 0 Å². The molecule has 0 unspecified atom stereocenters. The van der Waals surface area contributed by atoms with Gasteiger partial charge in [-0.1, -0.05) is 48.3 Å². The first-order valence-electron chi connectivity index (χ1n) is 8.22. The third kappa shape index (κ3) is 3.73. The van der Waals surface area contributed by atoms with Gasteiger partial charge in [0.1, 0.15) is 12.0 Å². The van der Waals surface area contributed by atoms with Crippen molar-refractivity contribution in [1.29, 1.82) is 0 Å². The second-order valence-electron chi connectivity index (χ2n) is 6.12. The molecular formula is C18H24N4O. The standard InChI is InChI=1S/C18H24N4O/c1-19-17(20-13-16-9-12-23-22-16)21-14-18(10-5-6-11-18)15-7-3-2-4-8-15/h2-4,7-9,12H,5-6,10-11,13-14H2,1H3,(H2,19,20,21). The Hall–Kier alpha value is -2.30. The SMILES string of the molecule is CN=C(NCc1ccon1)NCC1(c2ccccc2)CCCC1. The van der Waals surface area contributed by atoms with Gasteiger partial charge in [0.05, 0.1) is 6.54 Å². The zero-order valence-electron chi connectivity index (χ0n) is 13.6. The van der Waals surface area contributed by atoms with Crippen molar-refractivity contribution in [1.82, 2.24) is 15.8 Å². The second-order valence-corrected chi connectivity index (χ2v) is 6.12. The number of benzene rings is 1. The van der Waals surface area contributed by atoms with Crippen molar-refractivity contribution in [3.8, 4) is 0 Å². The Morgan fingerprint density at radius 2 is 1.96 bits per heavy atom. The van der Waals surface area contributed by atoms with Gasteiger partial charge in [0.25, 0.3) is 0 Å². The molecule has 1 aromatic heterocycles. The van der Waals surface area contributed by atoms with Crippen LogP contribution in [0.1, 0.15) is 36.9 Å². The monoisotopic (exact) mass is 312 g/mol. The minimum absolute atomic E-state index is 0.215. The smallest absolute Gasteiger partial charge is 0.191 e. The minimum atomic E-state index is 0.215. The van der Waals surface area contributed by atoms with E-state index < -0.39 is 0 Å². The quantitative estimate of drug-likeness (QED) is 0.658. The zero-order valence-corrected chi connectivity index (χ0v) is 13.6. The molecule has 0 aliphatic heterocycles. The van der Waals surface area contributed by atoms with Crippen LogP contribution < -0.4 is 10.6 Å². The summed E-state index contributed by atoms with van der Waals surface area (Å²) in [5.74, 6) is 0.801. The Morgan fingerprint density at radius 3 is 2.61 bits per heavy atom. The molecule has 1 saturated carbocycles. The lowest BCUT2D eigenvalue weighted by Gasteiger charge is -2.30. The zero-order chi connectivity index (χ0) is 16.0. The molecule has 1 heterocycles. The Kier molecular flexibility index (Phi) is 4.95. The Bertz CT molecular complexity index is 616. The molecule has 3 rings (SSSR count). The number of nitrogens with zero attached hydrogens (tertiary/aromatic N) is 2. The van der Waals surface area contributed by atoms with Crippen LogP contribution >= 0.6 is 0 Å². The second kappa shape index (κ2) is 7.31. The number of aliphatic imine (C=N–C) groups is 1. The van der Waals surface area contributed by atoms with Crippen molar-refractivity contribution in [3.63, 3.8) is 0 Å². The van der Waals surface area contributed by atoms with Crippen molar-refractivity contribution in [2.45, 2.75) is 37.6 Å². The number of guanidine groups is 1. The number of hydrogen-bond donors (Lipinski definition) is 2. The van der Waals surface area contributed by atoms with Crippen molar-refractivity contribution in [3.05, 3.63) is 53.9 Å². The molecule has 5 heteroatoms. The number of rotatable bonds is 5. The van der Waals surface area contributed by atoms with E-state index in [2.05, 4.69) is 51.1 Å². The third-order valence-electron chi connectivity index (χ3n) is 4.69. The first-order valence-corrected chi connectivity index (χ1v) is 8.22. The first kappa shape index (κ1) is 15.6. The average molecular weight is 312 g/mol. The summed E-state index contributed by atoms with van der Waals surface area (Å²) in [6.07, 6.45) is 6.62. The molecule has 0 bridgehead atoms. The van der Waals surface area contributed by atoms with E-state index in [1.807, 2.05) is 6.07 Å². The topological polar surface area (TPSA) is 62.5 Å². The predicted molar refractivity (Wildman–Crippen MR) is 91.3 cm³/mol. The molecule has 0 amide bonds. The lowest BCUT2D eigenvalue weighted by molar-refractivity contribution is 0.410. The summed E-state index contributed by atoms with van der Waals surface area (Å²) >= 11 is 0. The van der Waals surface area contributed by atoms with Gasteiger partial charge in [-0.3, -0.25) is 4.99 Å². The fourth-order valence-electron chi connectivity index (χ4n) is 3.39. The maximum atomic E-state index is 4.85. The van der Waals surface area contributed by atoms with Gasteiger partial charge in [-0.15, -0.1) is 0 Å². The molecule has 5 nitrogen and oxygen atoms in total. The molecule has 0 saturated heterocycles. The molecular weight excluding hydrogens is 288 g/mol. The number of nitrogens with one attached hydrogen (secondary N) is 2. The molecule has 2 N–H and O–H groups in total. The van der Waals surface area contributed by atoms with Crippen LogP contribution in [0.4, 0.5) is 0 Å². The first-order chi connectivity index (χ1) is 11.3. The van der Waals surface area contributed by atoms with Crippen molar-refractivity contribution in [2.24, 2.45) is 4.99 Å². The molecule has 0 spiro atoms. The lowest BCUT2D eigenvalue weighted by Crippen LogP contribution is -2.44. The largest absolute Gasteiger partial charge is 0.364 e. The Morgan fingerprint density at radius 1 is 1.17 bits per heavy atom. The summed E-state index contributed by atoms with van der Waals surface area (Å²) in [6, 6.07) is 12.7. The molecule has 0 radical (unpaired) electrons. The molecule has 23 heavy (non-hydrogen) atoms. The van der Waals surface area contributed by atoms with Gasteiger partial charge in [0.15, 0.2) is 5.96 Å². The van der Waals surface area contributed by atoms with Gasteiger partial charge in [-0.05, 0) is 18.4 Å².